The fourth-order valence-corrected chi connectivity index (χ4v) is 4.33. The average Bonchev–Trinajstić information content (AvgIpc) is 2.46. The van der Waals surface area contributed by atoms with E-state index in [2.05, 4.69) is 0 Å². The third-order valence-corrected chi connectivity index (χ3v) is 6.03. The zero-order valence-corrected chi connectivity index (χ0v) is 13.3. The van der Waals surface area contributed by atoms with Crippen LogP contribution in [0.25, 0.3) is 0 Å². The summed E-state index contributed by atoms with van der Waals surface area (Å²) in [6.45, 7) is 4.00. The van der Waals surface area contributed by atoms with Gasteiger partial charge in [0.25, 0.3) is 0 Å². The minimum Gasteiger partial charge on any atom is -0.254 e. The van der Waals surface area contributed by atoms with Crippen molar-refractivity contribution in [1.29, 1.82) is 0 Å². The van der Waals surface area contributed by atoms with E-state index in [1.165, 1.54) is 0 Å². The van der Waals surface area contributed by atoms with E-state index in [1.807, 2.05) is 62.4 Å². The fourth-order valence-electron chi connectivity index (χ4n) is 1.77. The molecule has 0 aliphatic rings. The van der Waals surface area contributed by atoms with Crippen molar-refractivity contribution >= 4 is 21.6 Å². The average molecular weight is 306 g/mol. The lowest BCUT2D eigenvalue weighted by Crippen LogP contribution is -2.08. The third-order valence-electron chi connectivity index (χ3n) is 3.02. The fraction of sp³-hybridized carbons (Fsp3) is 0.250. The first-order valence-electron chi connectivity index (χ1n) is 6.46. The molecule has 0 heterocycles. The Labute approximate surface area is 125 Å². The third kappa shape index (κ3) is 4.12. The Morgan fingerprint density at radius 1 is 0.650 bits per heavy atom. The zero-order valence-electron chi connectivity index (χ0n) is 11.7. The molecule has 0 saturated heterocycles. The Morgan fingerprint density at radius 3 is 1.25 bits per heavy atom. The number of hydrogen-bond acceptors (Lipinski definition) is 2. The molecule has 0 bridgehead atoms. The normalized spacial score (nSPS) is 13.9. The van der Waals surface area contributed by atoms with Gasteiger partial charge in [0.1, 0.15) is 0 Å². The highest BCUT2D eigenvalue weighted by molar-refractivity contribution is 7.88. The maximum absolute atomic E-state index is 12.1. The lowest BCUT2D eigenvalue weighted by Gasteiger charge is -2.04. The molecule has 0 radical (unpaired) electrons. The van der Waals surface area contributed by atoms with Crippen molar-refractivity contribution < 1.29 is 8.42 Å². The molecule has 1 unspecified atom stereocenters. The van der Waals surface area contributed by atoms with Gasteiger partial charge >= 0.3 is 0 Å². The van der Waals surface area contributed by atoms with Crippen LogP contribution in [0.2, 0.25) is 0 Å². The van der Waals surface area contributed by atoms with Crippen LogP contribution in [0, 0.1) is 13.8 Å². The van der Waals surface area contributed by atoms with E-state index in [4.69, 9.17) is 0 Å². The van der Waals surface area contributed by atoms with Crippen molar-refractivity contribution in [2.24, 2.45) is 0 Å². The van der Waals surface area contributed by atoms with Gasteiger partial charge in [0.15, 0.2) is 0 Å². The van der Waals surface area contributed by atoms with Crippen LogP contribution in [-0.2, 0) is 21.6 Å². The van der Waals surface area contributed by atoms with Crippen LogP contribution >= 0.6 is 0 Å². The van der Waals surface area contributed by atoms with E-state index in [0.717, 1.165) is 20.9 Å². The SMILES string of the molecule is Cc1ccc(S(=O)CC[S@@](=O)c2ccc(C)cc2)cc1. The molecule has 0 aliphatic heterocycles. The van der Waals surface area contributed by atoms with E-state index in [1.54, 1.807) is 0 Å². The van der Waals surface area contributed by atoms with Crippen molar-refractivity contribution in [2.45, 2.75) is 23.6 Å². The van der Waals surface area contributed by atoms with Crippen LogP contribution < -0.4 is 0 Å². The standard InChI is InChI=1S/C16H18O2S2/c1-13-3-7-15(8-4-13)19(17)11-12-20(18)16-9-5-14(2)6-10-16/h3-10H,11-12H2,1-2H3/t19-,20?/m1/s1. The van der Waals surface area contributed by atoms with Gasteiger partial charge in [0.05, 0.1) is 21.6 Å². The number of rotatable bonds is 5. The van der Waals surface area contributed by atoms with E-state index >= 15 is 0 Å². The molecule has 0 spiro atoms. The second-order valence-electron chi connectivity index (χ2n) is 4.73. The molecule has 0 saturated carbocycles. The molecule has 2 aromatic rings. The Kier molecular flexibility index (Phi) is 5.26. The lowest BCUT2D eigenvalue weighted by molar-refractivity contribution is 0.678. The Balaban J connectivity index is 1.94. The minimum atomic E-state index is -1.08. The summed E-state index contributed by atoms with van der Waals surface area (Å²) in [6.07, 6.45) is 0. The van der Waals surface area contributed by atoms with Gasteiger partial charge in [-0.25, -0.2) is 0 Å². The van der Waals surface area contributed by atoms with Gasteiger partial charge in [-0.3, -0.25) is 8.42 Å². The van der Waals surface area contributed by atoms with Crippen LogP contribution in [0.4, 0.5) is 0 Å². The highest BCUT2D eigenvalue weighted by atomic mass is 32.2. The summed E-state index contributed by atoms with van der Waals surface area (Å²) in [4.78, 5) is 1.60. The van der Waals surface area contributed by atoms with Gasteiger partial charge < -0.3 is 0 Å². The number of aryl methyl sites for hydroxylation is 2. The largest absolute Gasteiger partial charge is 0.254 e. The Morgan fingerprint density at radius 2 is 0.950 bits per heavy atom. The highest BCUT2D eigenvalue weighted by Crippen LogP contribution is 2.11. The topological polar surface area (TPSA) is 34.1 Å². The first-order valence-corrected chi connectivity index (χ1v) is 9.10. The quantitative estimate of drug-likeness (QED) is 0.850. The minimum absolute atomic E-state index is 0.420. The molecule has 2 rings (SSSR count). The summed E-state index contributed by atoms with van der Waals surface area (Å²) in [7, 11) is -2.17. The molecular formula is C16H18O2S2. The molecule has 106 valence electrons. The number of hydrogen-bond donors (Lipinski definition) is 0. The van der Waals surface area contributed by atoms with E-state index in [9.17, 15) is 8.42 Å². The van der Waals surface area contributed by atoms with Crippen LogP contribution in [0.15, 0.2) is 58.3 Å². The van der Waals surface area contributed by atoms with Crippen LogP contribution in [0.5, 0.6) is 0 Å². The molecule has 4 heteroatoms. The predicted octanol–water partition coefficient (Wildman–Crippen LogP) is 3.22. The van der Waals surface area contributed by atoms with E-state index < -0.39 is 21.6 Å². The summed E-state index contributed by atoms with van der Waals surface area (Å²) in [5, 5.41) is 0. The molecular weight excluding hydrogens is 288 g/mol. The van der Waals surface area contributed by atoms with Crippen LogP contribution in [0.1, 0.15) is 11.1 Å². The second kappa shape index (κ2) is 6.95. The molecule has 0 aromatic heterocycles. The summed E-state index contributed by atoms with van der Waals surface area (Å²) in [5.41, 5.74) is 2.29. The van der Waals surface area contributed by atoms with Gasteiger partial charge in [-0.2, -0.15) is 0 Å². The molecule has 2 atom stereocenters. The summed E-state index contributed by atoms with van der Waals surface area (Å²) < 4.78 is 24.2. The van der Waals surface area contributed by atoms with Crippen molar-refractivity contribution in [3.63, 3.8) is 0 Å². The highest BCUT2D eigenvalue weighted by Gasteiger charge is 2.08. The van der Waals surface area contributed by atoms with Gasteiger partial charge in [-0.15, -0.1) is 0 Å². The first kappa shape index (κ1) is 15.1. The Hall–Kier alpha value is -1.26. The smallest absolute Gasteiger partial charge is 0.0538 e. The lowest BCUT2D eigenvalue weighted by atomic mass is 10.2. The van der Waals surface area contributed by atoms with Gasteiger partial charge in [-0.1, -0.05) is 35.4 Å². The summed E-state index contributed by atoms with van der Waals surface area (Å²) in [5.74, 6) is 0.840. The van der Waals surface area contributed by atoms with Crippen molar-refractivity contribution in [2.75, 3.05) is 11.5 Å². The molecule has 0 N–H and O–H groups in total. The van der Waals surface area contributed by atoms with Crippen molar-refractivity contribution in [3.8, 4) is 0 Å². The van der Waals surface area contributed by atoms with Gasteiger partial charge in [0, 0.05) is 21.3 Å². The van der Waals surface area contributed by atoms with Gasteiger partial charge in [-0.05, 0) is 38.1 Å². The molecule has 0 fully saturated rings. The van der Waals surface area contributed by atoms with Gasteiger partial charge in [0.2, 0.25) is 0 Å². The molecule has 2 aromatic carbocycles. The van der Waals surface area contributed by atoms with Crippen molar-refractivity contribution in [1.82, 2.24) is 0 Å². The van der Waals surface area contributed by atoms with Crippen molar-refractivity contribution in [3.05, 3.63) is 59.7 Å². The first-order chi connectivity index (χ1) is 9.56. The van der Waals surface area contributed by atoms with Crippen LogP contribution in [0.3, 0.4) is 0 Å². The van der Waals surface area contributed by atoms with Crippen LogP contribution in [-0.4, -0.2) is 19.9 Å². The number of benzene rings is 2. The molecule has 20 heavy (non-hydrogen) atoms. The Bertz CT molecular complexity index is 558. The van der Waals surface area contributed by atoms with E-state index in [0.29, 0.717) is 11.5 Å². The zero-order chi connectivity index (χ0) is 14.5. The second-order valence-corrected chi connectivity index (χ2v) is 7.87. The molecule has 0 aliphatic carbocycles. The monoisotopic (exact) mass is 306 g/mol. The summed E-state index contributed by atoms with van der Waals surface area (Å²) in [6, 6.07) is 15.3. The van der Waals surface area contributed by atoms with E-state index in [-0.39, 0.29) is 0 Å². The maximum Gasteiger partial charge on any atom is 0.0538 e. The molecule has 2 nitrogen and oxygen atoms in total. The molecule has 0 amide bonds. The predicted molar refractivity (Wildman–Crippen MR) is 84.9 cm³/mol. The summed E-state index contributed by atoms with van der Waals surface area (Å²) >= 11 is 0. The maximum atomic E-state index is 12.1.